The number of carbonyl (C=O) groups is 1. The van der Waals surface area contributed by atoms with Gasteiger partial charge in [-0.25, -0.2) is 0 Å². The monoisotopic (exact) mass is 416 g/mol. The average Bonchev–Trinajstić information content (AvgIpc) is 3.12. The summed E-state index contributed by atoms with van der Waals surface area (Å²) in [5.74, 6) is -0.288. The quantitative estimate of drug-likeness (QED) is 0.484. The Morgan fingerprint density at radius 1 is 1.18 bits per heavy atom. The number of thioether (sulfide) groups is 1. The molecule has 0 aliphatic carbocycles. The second-order valence-electron chi connectivity index (χ2n) is 6.94. The number of hydrogen-bond acceptors (Lipinski definition) is 5. The Morgan fingerprint density at radius 3 is 2.21 bits per heavy atom. The van der Waals surface area contributed by atoms with Crippen LogP contribution in [0.2, 0.25) is 0 Å². The number of esters is 1. The Balaban J connectivity index is 2.16. The molecule has 0 bridgehead atoms. The molecule has 28 heavy (non-hydrogen) atoms. The number of benzene rings is 2. The van der Waals surface area contributed by atoms with Crippen LogP contribution in [0, 0.1) is 0 Å². The van der Waals surface area contributed by atoms with Gasteiger partial charge in [-0.3, -0.25) is 4.79 Å². The van der Waals surface area contributed by atoms with E-state index in [1.54, 1.807) is 11.8 Å². The van der Waals surface area contributed by atoms with Gasteiger partial charge in [-0.2, -0.15) is 0 Å². The fraction of sp³-hybridized carbons (Fsp3) is 0.409. The maximum atomic E-state index is 11.6. The van der Waals surface area contributed by atoms with Crippen molar-refractivity contribution in [2.45, 2.75) is 49.1 Å². The minimum absolute atomic E-state index is 0.288. The summed E-state index contributed by atoms with van der Waals surface area (Å²) in [5, 5.41) is 0. The van der Waals surface area contributed by atoms with Crippen LogP contribution in [0.25, 0.3) is 0 Å². The largest absolute Gasteiger partial charge is 0.449 e. The van der Waals surface area contributed by atoms with Gasteiger partial charge in [0, 0.05) is 6.92 Å². The topological polar surface area (TPSA) is 44.8 Å². The van der Waals surface area contributed by atoms with Gasteiger partial charge in [0.1, 0.15) is 16.1 Å². The van der Waals surface area contributed by atoms with Crippen molar-refractivity contribution in [3.05, 3.63) is 71.8 Å². The van der Waals surface area contributed by atoms with E-state index in [9.17, 15) is 4.79 Å². The fourth-order valence-corrected chi connectivity index (χ4v) is 6.55. The molecule has 150 valence electrons. The van der Waals surface area contributed by atoms with Crippen molar-refractivity contribution in [3.63, 3.8) is 0 Å². The normalized spacial score (nSPS) is 22.3. The minimum Gasteiger partial charge on any atom is -0.449 e. The number of unbranched alkanes of at least 4 members (excludes halogenated alkanes) is 1. The molecule has 0 saturated carbocycles. The summed E-state index contributed by atoms with van der Waals surface area (Å²) in [7, 11) is 0.533. The Hall–Kier alpha value is -1.60. The summed E-state index contributed by atoms with van der Waals surface area (Å²) in [6.07, 6.45) is 2.84. The van der Waals surface area contributed by atoms with Crippen LogP contribution >= 0.6 is 11.8 Å². The van der Waals surface area contributed by atoms with Gasteiger partial charge < -0.3 is 13.9 Å². The third-order valence-electron chi connectivity index (χ3n) is 5.13. The van der Waals surface area contributed by atoms with E-state index >= 15 is 0 Å². The van der Waals surface area contributed by atoms with E-state index in [1.165, 1.54) is 6.92 Å². The molecular weight excluding hydrogens is 388 g/mol. The fourth-order valence-electron chi connectivity index (χ4n) is 3.97. The van der Waals surface area contributed by atoms with Gasteiger partial charge in [-0.1, -0.05) is 85.8 Å². The van der Waals surface area contributed by atoms with Gasteiger partial charge in [0.05, 0.1) is 6.61 Å². The number of carbonyl (C=O) groups excluding carboxylic acids is 1. The first-order valence-electron chi connectivity index (χ1n) is 9.73. The molecule has 1 saturated heterocycles. The molecule has 0 radical (unpaired) electrons. The standard InChI is InChI=1S/C22H28O4SSi/c1-3-4-15-21(24-16-20(27-21)25-17(2)23)22(26-28,18-11-7-5-8-12-18)19-13-9-6-10-14-19/h5-14,20H,3-4,15-16H2,1-2,28H3. The lowest BCUT2D eigenvalue weighted by Crippen LogP contribution is -2.52. The van der Waals surface area contributed by atoms with Gasteiger partial charge in [0.2, 0.25) is 0 Å². The minimum atomic E-state index is -0.767. The van der Waals surface area contributed by atoms with Crippen molar-refractivity contribution in [1.29, 1.82) is 0 Å². The van der Waals surface area contributed by atoms with E-state index in [4.69, 9.17) is 13.9 Å². The van der Waals surface area contributed by atoms with Crippen LogP contribution in [0.3, 0.4) is 0 Å². The molecule has 0 spiro atoms. The van der Waals surface area contributed by atoms with Crippen molar-refractivity contribution in [1.82, 2.24) is 0 Å². The lowest BCUT2D eigenvalue weighted by molar-refractivity contribution is -0.145. The van der Waals surface area contributed by atoms with Crippen LogP contribution in [0.1, 0.15) is 44.2 Å². The molecule has 1 aliphatic heterocycles. The molecule has 2 unspecified atom stereocenters. The molecule has 0 aromatic heterocycles. The summed E-state index contributed by atoms with van der Waals surface area (Å²) >= 11 is 1.58. The second kappa shape index (κ2) is 9.26. The van der Waals surface area contributed by atoms with Crippen molar-refractivity contribution in [2.24, 2.45) is 0 Å². The molecule has 2 aromatic carbocycles. The Kier molecular flexibility index (Phi) is 6.99. The van der Waals surface area contributed by atoms with E-state index in [2.05, 4.69) is 31.2 Å². The van der Waals surface area contributed by atoms with Gasteiger partial charge in [0.25, 0.3) is 0 Å². The first kappa shape index (κ1) is 21.1. The molecule has 0 amide bonds. The summed E-state index contributed by atoms with van der Waals surface area (Å²) in [4.78, 5) is 10.9. The number of rotatable bonds is 8. The summed E-state index contributed by atoms with van der Waals surface area (Å²) in [5.41, 5.74) is 1.01. The van der Waals surface area contributed by atoms with E-state index in [0.717, 1.165) is 30.4 Å². The smallest absolute Gasteiger partial charge is 0.303 e. The molecular formula is C22H28O4SSi. The molecule has 0 N–H and O–H groups in total. The lowest BCUT2D eigenvalue weighted by Gasteiger charge is -2.47. The molecule has 1 aliphatic rings. The van der Waals surface area contributed by atoms with Gasteiger partial charge >= 0.3 is 5.97 Å². The number of ether oxygens (including phenoxy) is 2. The molecule has 1 heterocycles. The van der Waals surface area contributed by atoms with Gasteiger partial charge in [0.15, 0.2) is 10.4 Å². The number of hydrogen-bond donors (Lipinski definition) is 0. The highest BCUT2D eigenvalue weighted by Gasteiger charge is 2.59. The first-order valence-corrected chi connectivity index (χ1v) is 11.4. The zero-order chi connectivity index (χ0) is 20.0. The van der Waals surface area contributed by atoms with Crippen LogP contribution in [0.4, 0.5) is 0 Å². The third kappa shape index (κ3) is 3.92. The van der Waals surface area contributed by atoms with Crippen molar-refractivity contribution >= 4 is 28.2 Å². The van der Waals surface area contributed by atoms with Gasteiger partial charge in [-0.05, 0) is 24.0 Å². The molecule has 6 heteroatoms. The van der Waals surface area contributed by atoms with E-state index < -0.39 is 10.5 Å². The SMILES string of the molecule is CCCCC1(C(O[SiH3])(c2ccccc2)c2ccccc2)OCC(OC(C)=O)S1. The lowest BCUT2D eigenvalue weighted by atomic mass is 9.79. The Labute approximate surface area is 174 Å². The van der Waals surface area contributed by atoms with Crippen molar-refractivity contribution in [2.75, 3.05) is 6.61 Å². The molecule has 2 atom stereocenters. The van der Waals surface area contributed by atoms with E-state index in [-0.39, 0.29) is 11.4 Å². The van der Waals surface area contributed by atoms with Crippen LogP contribution in [-0.4, -0.2) is 33.4 Å². The van der Waals surface area contributed by atoms with Crippen LogP contribution in [0.15, 0.2) is 60.7 Å². The van der Waals surface area contributed by atoms with E-state index in [1.807, 2.05) is 36.4 Å². The third-order valence-corrected chi connectivity index (χ3v) is 7.23. The summed E-state index contributed by atoms with van der Waals surface area (Å²) < 4.78 is 18.5. The van der Waals surface area contributed by atoms with Crippen molar-refractivity contribution < 1.29 is 18.7 Å². The predicted octanol–water partition coefficient (Wildman–Crippen LogP) is 3.77. The Morgan fingerprint density at radius 2 is 1.75 bits per heavy atom. The average molecular weight is 417 g/mol. The van der Waals surface area contributed by atoms with Crippen molar-refractivity contribution in [3.8, 4) is 0 Å². The zero-order valence-corrected chi connectivity index (χ0v) is 19.5. The zero-order valence-electron chi connectivity index (χ0n) is 16.7. The molecule has 3 rings (SSSR count). The first-order chi connectivity index (χ1) is 13.6. The molecule has 4 nitrogen and oxygen atoms in total. The van der Waals surface area contributed by atoms with Crippen LogP contribution < -0.4 is 0 Å². The van der Waals surface area contributed by atoms with Gasteiger partial charge in [-0.15, -0.1) is 0 Å². The van der Waals surface area contributed by atoms with Crippen LogP contribution in [-0.2, 0) is 24.3 Å². The second-order valence-corrected chi connectivity index (χ2v) is 8.77. The molecule has 2 aromatic rings. The highest BCUT2D eigenvalue weighted by Crippen LogP contribution is 2.57. The maximum absolute atomic E-state index is 11.6. The van der Waals surface area contributed by atoms with Crippen LogP contribution in [0.5, 0.6) is 0 Å². The summed E-state index contributed by atoms with van der Waals surface area (Å²) in [6.45, 7) is 3.98. The summed E-state index contributed by atoms with van der Waals surface area (Å²) in [6, 6.07) is 20.5. The highest BCUT2D eigenvalue weighted by atomic mass is 32.2. The highest BCUT2D eigenvalue weighted by molar-refractivity contribution is 8.01. The van der Waals surface area contributed by atoms with E-state index in [0.29, 0.717) is 17.1 Å². The predicted molar refractivity (Wildman–Crippen MR) is 116 cm³/mol. The Bertz CT molecular complexity index is 731. The maximum Gasteiger partial charge on any atom is 0.303 e. The molecule has 1 fully saturated rings.